The van der Waals surface area contributed by atoms with Crippen LogP contribution in [0.5, 0.6) is 0 Å². The molecule has 0 aliphatic heterocycles. The van der Waals surface area contributed by atoms with Crippen LogP contribution in [0.15, 0.2) is 29.3 Å². The summed E-state index contributed by atoms with van der Waals surface area (Å²) in [5, 5.41) is 21.6. The molecule has 0 atom stereocenters. The van der Waals surface area contributed by atoms with Gasteiger partial charge in [0.2, 0.25) is 5.91 Å². The van der Waals surface area contributed by atoms with E-state index in [9.17, 15) is 10.1 Å². The fourth-order valence-electron chi connectivity index (χ4n) is 2.35. The number of aryl methyl sites for hydroxylation is 2. The van der Waals surface area contributed by atoms with Crippen molar-refractivity contribution in [1.82, 2.24) is 0 Å². The summed E-state index contributed by atoms with van der Waals surface area (Å²) in [6.45, 7) is 3.98. The van der Waals surface area contributed by atoms with Gasteiger partial charge >= 0.3 is 0 Å². The molecule has 0 radical (unpaired) electrons. The number of H-pyrrole nitrogens is 1. The van der Waals surface area contributed by atoms with Crippen molar-refractivity contribution < 1.29 is 9.78 Å². The lowest BCUT2D eigenvalue weighted by Gasteiger charge is -2.12. The number of carbonyl (C=O) groups is 1. The molecular formula is C18H18N5OS+. The van der Waals surface area contributed by atoms with E-state index in [4.69, 9.17) is 11.0 Å². The first-order valence-electron chi connectivity index (χ1n) is 7.67. The van der Waals surface area contributed by atoms with Gasteiger partial charge in [-0.2, -0.15) is 10.5 Å². The number of aromatic amines is 1. The molecule has 0 saturated carbocycles. The first-order valence-corrected chi connectivity index (χ1v) is 8.65. The molecule has 1 aromatic carbocycles. The maximum atomic E-state index is 12.3. The van der Waals surface area contributed by atoms with Crippen molar-refractivity contribution in [3.63, 3.8) is 0 Å². The third kappa shape index (κ3) is 4.28. The Morgan fingerprint density at radius 2 is 2.04 bits per heavy atom. The quantitative estimate of drug-likeness (QED) is 0.802. The minimum absolute atomic E-state index is 0.119. The van der Waals surface area contributed by atoms with E-state index in [0.717, 1.165) is 23.2 Å². The number of aromatic nitrogens is 1. The van der Waals surface area contributed by atoms with Gasteiger partial charge in [-0.1, -0.05) is 36.9 Å². The number of carbonyl (C=O) groups excluding carboxylic acids is 1. The molecule has 2 rings (SSSR count). The van der Waals surface area contributed by atoms with Gasteiger partial charge < -0.3 is 5.32 Å². The Kier molecular flexibility index (Phi) is 5.99. The summed E-state index contributed by atoms with van der Waals surface area (Å²) in [5.41, 5.74) is 9.15. The molecule has 2 aromatic rings. The Morgan fingerprint density at radius 3 is 2.68 bits per heavy atom. The number of nitrogens with two attached hydrogens (primary N) is 1. The largest absolute Gasteiger partial charge is 0.325 e. The van der Waals surface area contributed by atoms with Gasteiger partial charge in [0.25, 0.3) is 5.82 Å². The summed E-state index contributed by atoms with van der Waals surface area (Å²) < 4.78 is 0. The number of hydrogen-bond acceptors (Lipinski definition) is 5. The number of benzene rings is 1. The Bertz CT molecular complexity index is 896. The number of amides is 1. The van der Waals surface area contributed by atoms with E-state index in [0.29, 0.717) is 5.03 Å². The number of pyridine rings is 1. The number of rotatable bonds is 5. The molecule has 6 nitrogen and oxygen atoms in total. The van der Waals surface area contributed by atoms with Crippen LogP contribution in [-0.2, 0) is 11.2 Å². The summed E-state index contributed by atoms with van der Waals surface area (Å²) in [6.07, 6.45) is 0.822. The average molecular weight is 352 g/mol. The highest BCUT2D eigenvalue weighted by molar-refractivity contribution is 7.99. The maximum Gasteiger partial charge on any atom is 0.289 e. The fourth-order valence-corrected chi connectivity index (χ4v) is 3.14. The van der Waals surface area contributed by atoms with Crippen LogP contribution in [-0.4, -0.2) is 11.7 Å². The van der Waals surface area contributed by atoms with Crippen LogP contribution >= 0.6 is 11.8 Å². The Morgan fingerprint density at radius 1 is 1.32 bits per heavy atom. The van der Waals surface area contributed by atoms with Crippen molar-refractivity contribution in [3.05, 3.63) is 46.5 Å². The van der Waals surface area contributed by atoms with Crippen molar-refractivity contribution in [3.8, 4) is 12.1 Å². The first kappa shape index (κ1) is 18.3. The highest BCUT2D eigenvalue weighted by atomic mass is 32.2. The van der Waals surface area contributed by atoms with E-state index >= 15 is 0 Å². The smallest absolute Gasteiger partial charge is 0.289 e. The van der Waals surface area contributed by atoms with E-state index in [1.54, 1.807) is 0 Å². The topological polar surface area (TPSA) is 117 Å². The van der Waals surface area contributed by atoms with Crippen LogP contribution < -0.4 is 16.0 Å². The van der Waals surface area contributed by atoms with Crippen LogP contribution in [0.3, 0.4) is 0 Å². The third-order valence-electron chi connectivity index (χ3n) is 3.66. The molecule has 0 saturated heterocycles. The molecule has 0 bridgehead atoms. The lowest BCUT2D eigenvalue weighted by molar-refractivity contribution is -0.410. The van der Waals surface area contributed by atoms with E-state index in [2.05, 4.69) is 10.3 Å². The van der Waals surface area contributed by atoms with Crippen molar-refractivity contribution in [1.29, 1.82) is 10.5 Å². The number of para-hydroxylation sites is 1. The summed E-state index contributed by atoms with van der Waals surface area (Å²) in [7, 11) is 0. The number of nitriles is 2. The lowest BCUT2D eigenvalue weighted by Crippen LogP contribution is -2.20. The molecular weight excluding hydrogens is 334 g/mol. The molecule has 0 aliphatic rings. The summed E-state index contributed by atoms with van der Waals surface area (Å²) in [5.74, 6) is 0.124. The molecule has 1 aromatic heterocycles. The van der Waals surface area contributed by atoms with Gasteiger partial charge in [0.05, 0.1) is 5.75 Å². The molecule has 7 heteroatoms. The average Bonchev–Trinajstić information content (AvgIpc) is 2.61. The number of thioether (sulfide) groups is 1. The second kappa shape index (κ2) is 8.18. The van der Waals surface area contributed by atoms with Crippen molar-refractivity contribution in [2.45, 2.75) is 25.3 Å². The van der Waals surface area contributed by atoms with E-state index in [1.807, 2.05) is 44.2 Å². The minimum atomic E-state index is -0.172. The second-order valence-electron chi connectivity index (χ2n) is 5.36. The molecule has 1 amide bonds. The number of nitrogens with zero attached hydrogens (tertiary/aromatic N) is 2. The van der Waals surface area contributed by atoms with Crippen LogP contribution in [0.4, 0.5) is 11.5 Å². The number of anilines is 2. The lowest BCUT2D eigenvalue weighted by atomic mass is 10.1. The molecule has 1 heterocycles. The Labute approximate surface area is 150 Å². The molecule has 126 valence electrons. The van der Waals surface area contributed by atoms with E-state index in [-0.39, 0.29) is 28.6 Å². The van der Waals surface area contributed by atoms with Gasteiger partial charge in [-0.05, 0) is 30.5 Å². The zero-order valence-corrected chi connectivity index (χ0v) is 14.8. The van der Waals surface area contributed by atoms with Crippen molar-refractivity contribution >= 4 is 29.2 Å². The molecule has 25 heavy (non-hydrogen) atoms. The molecule has 0 spiro atoms. The SMILES string of the molecule is CCc1cccc(C)c1NC(=O)CSc1[nH+]c(N)c(C#N)cc1C#N. The summed E-state index contributed by atoms with van der Waals surface area (Å²) in [4.78, 5) is 15.1. The summed E-state index contributed by atoms with van der Waals surface area (Å²) in [6, 6.07) is 11.2. The molecule has 0 fully saturated rings. The van der Waals surface area contributed by atoms with E-state index in [1.165, 1.54) is 17.8 Å². The number of nitrogen functional groups attached to an aromatic ring is 1. The maximum absolute atomic E-state index is 12.3. The monoisotopic (exact) mass is 352 g/mol. The molecule has 0 unspecified atom stereocenters. The zero-order valence-electron chi connectivity index (χ0n) is 14.0. The second-order valence-corrected chi connectivity index (χ2v) is 6.35. The predicted molar refractivity (Wildman–Crippen MR) is 96.8 cm³/mol. The van der Waals surface area contributed by atoms with Gasteiger partial charge in [-0.3, -0.25) is 10.5 Å². The van der Waals surface area contributed by atoms with Crippen molar-refractivity contribution in [2.75, 3.05) is 16.8 Å². The molecule has 0 aliphatic carbocycles. The highest BCUT2D eigenvalue weighted by Crippen LogP contribution is 2.23. The van der Waals surface area contributed by atoms with Gasteiger partial charge in [0.1, 0.15) is 23.3 Å². The molecule has 4 N–H and O–H groups in total. The highest BCUT2D eigenvalue weighted by Gasteiger charge is 2.16. The predicted octanol–water partition coefficient (Wildman–Crippen LogP) is 2.43. The zero-order chi connectivity index (χ0) is 18.4. The van der Waals surface area contributed by atoms with Crippen LogP contribution in [0.1, 0.15) is 29.2 Å². The van der Waals surface area contributed by atoms with E-state index < -0.39 is 0 Å². The van der Waals surface area contributed by atoms with Gasteiger partial charge in [0, 0.05) is 5.69 Å². The van der Waals surface area contributed by atoms with Crippen molar-refractivity contribution in [2.24, 2.45) is 0 Å². The van der Waals surface area contributed by atoms with Gasteiger partial charge in [-0.15, -0.1) is 0 Å². The Hall–Kier alpha value is -3.03. The third-order valence-corrected chi connectivity index (χ3v) is 4.68. The standard InChI is InChI=1S/C18H17N5OS/c1-3-12-6-4-5-11(2)16(12)22-15(24)10-25-18-14(9-20)7-13(8-19)17(21)23-18/h4-7H,3,10H2,1-2H3,(H2,21,23)(H,22,24)/p+1. The summed E-state index contributed by atoms with van der Waals surface area (Å²) >= 11 is 1.17. The minimum Gasteiger partial charge on any atom is -0.325 e. The Balaban J connectivity index is 2.13. The van der Waals surface area contributed by atoms with Gasteiger partial charge in [-0.25, -0.2) is 4.98 Å². The number of nitrogens with one attached hydrogen (secondary N) is 2. The fraction of sp³-hybridized carbons (Fsp3) is 0.222. The van der Waals surface area contributed by atoms with Crippen LogP contribution in [0.2, 0.25) is 0 Å². The number of hydrogen-bond donors (Lipinski definition) is 2. The van der Waals surface area contributed by atoms with Crippen LogP contribution in [0.25, 0.3) is 0 Å². The van der Waals surface area contributed by atoms with Gasteiger partial charge in [0.15, 0.2) is 5.03 Å². The van der Waals surface area contributed by atoms with Crippen LogP contribution in [0, 0.1) is 29.6 Å². The first-order chi connectivity index (χ1) is 12.0. The normalized spacial score (nSPS) is 9.92.